The molecule has 88 valence electrons. The number of rotatable bonds is 5. The number of anilines is 2. The van der Waals surface area contributed by atoms with Crippen molar-refractivity contribution in [3.05, 3.63) is 10.8 Å². The maximum atomic E-state index is 4.34. The molecule has 0 amide bonds. The van der Waals surface area contributed by atoms with Gasteiger partial charge in [0.1, 0.15) is 22.4 Å². The molecular weight excluding hydrogens is 268 g/mol. The van der Waals surface area contributed by atoms with E-state index in [1.165, 1.54) is 12.8 Å². The van der Waals surface area contributed by atoms with Crippen LogP contribution in [0, 0.1) is 0 Å². The van der Waals surface area contributed by atoms with Gasteiger partial charge in [-0.1, -0.05) is 6.92 Å². The zero-order chi connectivity index (χ0) is 11.5. The van der Waals surface area contributed by atoms with Gasteiger partial charge in [0, 0.05) is 19.6 Å². The Morgan fingerprint density at radius 3 is 2.88 bits per heavy atom. The minimum Gasteiger partial charge on any atom is -0.369 e. The molecule has 1 aromatic heterocycles. The maximum Gasteiger partial charge on any atom is 0.148 e. The third kappa shape index (κ3) is 2.45. The summed E-state index contributed by atoms with van der Waals surface area (Å²) in [6, 6.07) is 0.658. The number of nitrogens with zero attached hydrogens (tertiary/aromatic N) is 3. The molecule has 1 N–H and O–H groups in total. The standard InChI is InChI=1S/C11H17BrN4/c1-3-6-13-10-9(12)11(15-7-14-10)16(2)8-4-5-8/h7-8H,3-6H2,1-2H3,(H,13,14,15). The molecule has 0 aliphatic heterocycles. The first-order valence-electron chi connectivity index (χ1n) is 5.71. The Labute approximate surface area is 105 Å². The topological polar surface area (TPSA) is 41.1 Å². The molecule has 1 aliphatic carbocycles. The second-order valence-electron chi connectivity index (χ2n) is 4.13. The zero-order valence-corrected chi connectivity index (χ0v) is 11.3. The van der Waals surface area contributed by atoms with Crippen LogP contribution in [0.25, 0.3) is 0 Å². The Balaban J connectivity index is 2.17. The molecule has 0 unspecified atom stereocenters. The Kier molecular flexibility index (Phi) is 3.63. The van der Waals surface area contributed by atoms with Crippen molar-refractivity contribution in [1.29, 1.82) is 0 Å². The van der Waals surface area contributed by atoms with Crippen LogP contribution in [0.4, 0.5) is 11.6 Å². The predicted molar refractivity (Wildman–Crippen MR) is 69.9 cm³/mol. The number of hydrogen-bond donors (Lipinski definition) is 1. The van der Waals surface area contributed by atoms with Crippen molar-refractivity contribution >= 4 is 27.6 Å². The van der Waals surface area contributed by atoms with Crippen molar-refractivity contribution in [3.63, 3.8) is 0 Å². The Bertz CT molecular complexity index is 365. The molecule has 4 nitrogen and oxygen atoms in total. The summed E-state index contributed by atoms with van der Waals surface area (Å²) in [7, 11) is 2.09. The van der Waals surface area contributed by atoms with E-state index in [1.807, 2.05) is 0 Å². The predicted octanol–water partition coefficient (Wildman–Crippen LogP) is 2.66. The van der Waals surface area contributed by atoms with Crippen molar-refractivity contribution in [2.24, 2.45) is 0 Å². The van der Waals surface area contributed by atoms with E-state index in [4.69, 9.17) is 0 Å². The van der Waals surface area contributed by atoms with Crippen molar-refractivity contribution in [2.45, 2.75) is 32.2 Å². The Morgan fingerprint density at radius 1 is 1.50 bits per heavy atom. The average molecular weight is 285 g/mol. The molecule has 1 aliphatic rings. The molecule has 1 fully saturated rings. The number of aromatic nitrogens is 2. The summed E-state index contributed by atoms with van der Waals surface area (Å²) < 4.78 is 0.970. The molecule has 0 bridgehead atoms. The number of halogens is 1. The zero-order valence-electron chi connectivity index (χ0n) is 9.70. The van der Waals surface area contributed by atoms with Gasteiger partial charge in [-0.25, -0.2) is 9.97 Å². The minimum atomic E-state index is 0.658. The first kappa shape index (κ1) is 11.6. The highest BCUT2D eigenvalue weighted by atomic mass is 79.9. The summed E-state index contributed by atoms with van der Waals surface area (Å²) in [6.45, 7) is 3.07. The van der Waals surface area contributed by atoms with Crippen molar-refractivity contribution < 1.29 is 0 Å². The monoisotopic (exact) mass is 284 g/mol. The maximum absolute atomic E-state index is 4.34. The third-order valence-corrected chi connectivity index (χ3v) is 3.47. The lowest BCUT2D eigenvalue weighted by Gasteiger charge is -2.19. The fourth-order valence-electron chi connectivity index (χ4n) is 1.61. The van der Waals surface area contributed by atoms with Crippen LogP contribution in [-0.2, 0) is 0 Å². The van der Waals surface area contributed by atoms with Gasteiger partial charge in [-0.15, -0.1) is 0 Å². The molecule has 1 saturated carbocycles. The van der Waals surface area contributed by atoms with Gasteiger partial charge in [-0.2, -0.15) is 0 Å². The molecule has 16 heavy (non-hydrogen) atoms. The number of nitrogens with one attached hydrogen (secondary N) is 1. The van der Waals surface area contributed by atoms with Crippen molar-refractivity contribution in [3.8, 4) is 0 Å². The third-order valence-electron chi connectivity index (χ3n) is 2.74. The molecule has 0 saturated heterocycles. The molecule has 5 heteroatoms. The van der Waals surface area contributed by atoms with Crippen LogP contribution in [0.5, 0.6) is 0 Å². The lowest BCUT2D eigenvalue weighted by atomic mass is 10.4. The fourth-order valence-corrected chi connectivity index (χ4v) is 2.23. The summed E-state index contributed by atoms with van der Waals surface area (Å²) in [5.41, 5.74) is 0. The molecule has 0 atom stereocenters. The van der Waals surface area contributed by atoms with Gasteiger partial charge in [0.25, 0.3) is 0 Å². The van der Waals surface area contributed by atoms with E-state index in [-0.39, 0.29) is 0 Å². The SMILES string of the molecule is CCCNc1ncnc(N(C)C2CC2)c1Br. The van der Waals surface area contributed by atoms with Crippen LogP contribution in [0.1, 0.15) is 26.2 Å². The van der Waals surface area contributed by atoms with Gasteiger partial charge >= 0.3 is 0 Å². The molecule has 2 rings (SSSR count). The van der Waals surface area contributed by atoms with Crippen molar-refractivity contribution in [2.75, 3.05) is 23.8 Å². The Hall–Kier alpha value is -0.840. The molecule has 1 heterocycles. The smallest absolute Gasteiger partial charge is 0.148 e. The molecule has 0 radical (unpaired) electrons. The van der Waals surface area contributed by atoms with E-state index in [1.54, 1.807) is 6.33 Å². The molecule has 1 aromatic rings. The van der Waals surface area contributed by atoms with Gasteiger partial charge in [0.05, 0.1) is 0 Å². The van der Waals surface area contributed by atoms with Gasteiger partial charge < -0.3 is 10.2 Å². The van der Waals surface area contributed by atoms with E-state index in [0.717, 1.165) is 29.1 Å². The van der Waals surface area contributed by atoms with Gasteiger partial charge in [-0.05, 0) is 35.2 Å². The largest absolute Gasteiger partial charge is 0.369 e. The molecule has 0 aromatic carbocycles. The van der Waals surface area contributed by atoms with E-state index >= 15 is 0 Å². The van der Waals surface area contributed by atoms with Crippen LogP contribution >= 0.6 is 15.9 Å². The van der Waals surface area contributed by atoms with Gasteiger partial charge in [-0.3, -0.25) is 0 Å². The average Bonchev–Trinajstić information content (AvgIpc) is 3.11. The minimum absolute atomic E-state index is 0.658. The summed E-state index contributed by atoms with van der Waals surface area (Å²) >= 11 is 3.58. The number of hydrogen-bond acceptors (Lipinski definition) is 4. The van der Waals surface area contributed by atoms with Crippen LogP contribution < -0.4 is 10.2 Å². The summed E-state index contributed by atoms with van der Waals surface area (Å²) in [6.07, 6.45) is 5.25. The van der Waals surface area contributed by atoms with Crippen LogP contribution in [0.15, 0.2) is 10.8 Å². The van der Waals surface area contributed by atoms with E-state index in [2.05, 4.69) is 50.1 Å². The van der Waals surface area contributed by atoms with Crippen LogP contribution in [0.3, 0.4) is 0 Å². The van der Waals surface area contributed by atoms with Crippen LogP contribution in [0.2, 0.25) is 0 Å². The first-order chi connectivity index (χ1) is 7.74. The van der Waals surface area contributed by atoms with Gasteiger partial charge in [0.2, 0.25) is 0 Å². The quantitative estimate of drug-likeness (QED) is 0.903. The van der Waals surface area contributed by atoms with Crippen molar-refractivity contribution in [1.82, 2.24) is 9.97 Å². The normalized spacial score (nSPS) is 14.9. The summed E-state index contributed by atoms with van der Waals surface area (Å²) in [5.74, 6) is 1.87. The summed E-state index contributed by atoms with van der Waals surface area (Å²) in [4.78, 5) is 10.8. The second kappa shape index (κ2) is 4.99. The van der Waals surface area contributed by atoms with Gasteiger partial charge in [0.15, 0.2) is 0 Å². The lowest BCUT2D eigenvalue weighted by molar-refractivity contribution is 0.877. The van der Waals surface area contributed by atoms with E-state index in [0.29, 0.717) is 6.04 Å². The summed E-state index contributed by atoms with van der Waals surface area (Å²) in [5, 5.41) is 3.29. The van der Waals surface area contributed by atoms with Crippen LogP contribution in [-0.4, -0.2) is 29.6 Å². The lowest BCUT2D eigenvalue weighted by Crippen LogP contribution is -2.21. The highest BCUT2D eigenvalue weighted by Gasteiger charge is 2.28. The molecule has 0 spiro atoms. The second-order valence-corrected chi connectivity index (χ2v) is 4.92. The fraction of sp³-hybridized carbons (Fsp3) is 0.636. The van der Waals surface area contributed by atoms with E-state index in [9.17, 15) is 0 Å². The highest BCUT2D eigenvalue weighted by Crippen LogP contribution is 2.35. The van der Waals surface area contributed by atoms with E-state index < -0.39 is 0 Å². The highest BCUT2D eigenvalue weighted by molar-refractivity contribution is 9.10. The first-order valence-corrected chi connectivity index (χ1v) is 6.50. The Morgan fingerprint density at radius 2 is 2.25 bits per heavy atom. The molecular formula is C11H17BrN4.